The van der Waals surface area contributed by atoms with E-state index in [0.29, 0.717) is 13.0 Å². The first kappa shape index (κ1) is 9.74. The molecule has 1 aromatic carbocycles. The number of hydrazine groups is 1. The Bertz CT molecular complexity index is 248. The summed E-state index contributed by atoms with van der Waals surface area (Å²) in [4.78, 5) is 9.94. The first-order valence-corrected chi connectivity index (χ1v) is 4.27. The number of para-hydroxylation sites is 1. The van der Waals surface area contributed by atoms with Crippen LogP contribution in [0.5, 0.6) is 0 Å². The topological polar surface area (TPSA) is 46.3 Å². The van der Waals surface area contributed by atoms with Gasteiger partial charge in [-0.15, -0.1) is 0 Å². The lowest BCUT2D eigenvalue weighted by atomic mass is 10.3. The molecule has 3 heteroatoms. The second-order valence-corrected chi connectivity index (χ2v) is 2.78. The Morgan fingerprint density at radius 1 is 1.31 bits per heavy atom. The second kappa shape index (κ2) is 5.32. The predicted octanol–water partition coefficient (Wildman–Crippen LogP) is 1.26. The maximum atomic E-state index is 9.94. The maximum absolute atomic E-state index is 9.94. The van der Waals surface area contributed by atoms with E-state index in [-0.39, 0.29) is 0 Å². The van der Waals surface area contributed by atoms with Gasteiger partial charge in [0.15, 0.2) is 6.29 Å². The van der Waals surface area contributed by atoms with Gasteiger partial charge in [-0.2, -0.15) is 0 Å². The highest BCUT2D eigenvalue weighted by atomic mass is 16.1. The lowest BCUT2D eigenvalue weighted by Gasteiger charge is -2.17. The molecular formula is C10H13N2O. The van der Waals surface area contributed by atoms with Crippen LogP contribution in [0.15, 0.2) is 30.3 Å². The smallest absolute Gasteiger partial charge is 0.198 e. The summed E-state index contributed by atoms with van der Waals surface area (Å²) in [6.07, 6.45) is 3.03. The van der Waals surface area contributed by atoms with E-state index in [1.807, 2.05) is 36.6 Å². The molecular weight excluding hydrogens is 164 g/mol. The molecule has 0 amide bonds. The van der Waals surface area contributed by atoms with Crippen LogP contribution in [0, 0.1) is 0 Å². The summed E-state index contributed by atoms with van der Waals surface area (Å²) in [6.45, 7) is 0.680. The molecule has 3 nitrogen and oxygen atoms in total. The molecule has 0 spiro atoms. The highest BCUT2D eigenvalue weighted by molar-refractivity contribution is 5.50. The highest BCUT2D eigenvalue weighted by Crippen LogP contribution is 2.09. The molecule has 13 heavy (non-hydrogen) atoms. The summed E-state index contributed by atoms with van der Waals surface area (Å²) in [5, 5.41) is 1.64. The van der Waals surface area contributed by atoms with E-state index in [4.69, 9.17) is 5.84 Å². The molecule has 0 atom stereocenters. The van der Waals surface area contributed by atoms with Gasteiger partial charge in [-0.3, -0.25) is 4.79 Å². The lowest BCUT2D eigenvalue weighted by molar-refractivity contribution is 0.548. The number of nitrogens with zero attached hydrogens (tertiary/aromatic N) is 1. The molecule has 0 aromatic heterocycles. The first-order chi connectivity index (χ1) is 6.34. The monoisotopic (exact) mass is 177 g/mol. The fourth-order valence-electron chi connectivity index (χ4n) is 1.07. The summed E-state index contributed by atoms with van der Waals surface area (Å²) in [7, 11) is 0. The number of nitrogens with two attached hydrogens (primary N) is 1. The third kappa shape index (κ3) is 3.25. The second-order valence-electron chi connectivity index (χ2n) is 2.78. The molecule has 0 heterocycles. The average molecular weight is 177 g/mol. The SMILES string of the molecule is NN(CCC[C]=O)c1ccccc1. The molecule has 2 N–H and O–H groups in total. The zero-order valence-electron chi connectivity index (χ0n) is 7.44. The van der Waals surface area contributed by atoms with Gasteiger partial charge in [0, 0.05) is 13.0 Å². The molecule has 1 rings (SSSR count). The molecule has 1 aromatic rings. The summed E-state index contributed by atoms with van der Waals surface area (Å²) in [5.41, 5.74) is 0.966. The van der Waals surface area contributed by atoms with Crippen molar-refractivity contribution >= 4 is 12.0 Å². The van der Waals surface area contributed by atoms with Crippen LogP contribution in [0.4, 0.5) is 5.69 Å². The van der Waals surface area contributed by atoms with E-state index in [2.05, 4.69) is 0 Å². The van der Waals surface area contributed by atoms with Gasteiger partial charge in [-0.05, 0) is 18.6 Å². The van der Waals surface area contributed by atoms with Crippen LogP contribution in [-0.2, 0) is 4.79 Å². The number of unbranched alkanes of at least 4 members (excludes halogenated alkanes) is 1. The molecule has 69 valence electrons. The first-order valence-electron chi connectivity index (χ1n) is 4.27. The fourth-order valence-corrected chi connectivity index (χ4v) is 1.07. The van der Waals surface area contributed by atoms with Crippen LogP contribution in [0.2, 0.25) is 0 Å². The van der Waals surface area contributed by atoms with Gasteiger partial charge in [-0.25, -0.2) is 5.84 Å². The summed E-state index contributed by atoms with van der Waals surface area (Å²) >= 11 is 0. The molecule has 0 aliphatic heterocycles. The lowest BCUT2D eigenvalue weighted by Crippen LogP contribution is -2.31. The average Bonchev–Trinajstić information content (AvgIpc) is 2.19. The molecule has 0 unspecified atom stereocenters. The van der Waals surface area contributed by atoms with E-state index in [1.54, 1.807) is 5.01 Å². The number of hydrogen-bond donors (Lipinski definition) is 1. The fraction of sp³-hybridized carbons (Fsp3) is 0.300. The van der Waals surface area contributed by atoms with Crippen LogP contribution >= 0.6 is 0 Å². The summed E-state index contributed by atoms with van der Waals surface area (Å²) in [6, 6.07) is 9.67. The molecule has 0 saturated carbocycles. The van der Waals surface area contributed by atoms with Gasteiger partial charge < -0.3 is 5.01 Å². The Labute approximate surface area is 78.1 Å². The van der Waals surface area contributed by atoms with Crippen molar-refractivity contribution in [2.75, 3.05) is 11.6 Å². The zero-order valence-corrected chi connectivity index (χ0v) is 7.44. The standard InChI is InChI=1S/C10H13N2O/c11-12(8-4-5-9-13)10-6-2-1-3-7-10/h1-3,6-7H,4-5,8,11H2. The van der Waals surface area contributed by atoms with E-state index in [1.165, 1.54) is 0 Å². The van der Waals surface area contributed by atoms with E-state index < -0.39 is 0 Å². The van der Waals surface area contributed by atoms with Crippen LogP contribution in [-0.4, -0.2) is 12.8 Å². The van der Waals surface area contributed by atoms with Crippen LogP contribution < -0.4 is 10.9 Å². The number of hydrogen-bond acceptors (Lipinski definition) is 3. The minimum atomic E-state index is 0.445. The highest BCUT2D eigenvalue weighted by Gasteiger charge is 1.98. The molecule has 1 radical (unpaired) electrons. The van der Waals surface area contributed by atoms with Gasteiger partial charge >= 0.3 is 0 Å². The molecule has 0 aliphatic rings. The Balaban J connectivity index is 2.39. The van der Waals surface area contributed by atoms with Gasteiger partial charge in [0.25, 0.3) is 0 Å². The number of benzene rings is 1. The number of anilines is 1. The van der Waals surface area contributed by atoms with Gasteiger partial charge in [0.05, 0.1) is 5.69 Å². The normalized spacial score (nSPS) is 9.62. The van der Waals surface area contributed by atoms with Crippen molar-refractivity contribution in [2.45, 2.75) is 12.8 Å². The molecule has 0 bridgehead atoms. The molecule has 0 aliphatic carbocycles. The maximum Gasteiger partial charge on any atom is 0.198 e. The molecule has 0 saturated heterocycles. The minimum absolute atomic E-state index is 0.445. The molecule has 0 fully saturated rings. The van der Waals surface area contributed by atoms with Crippen LogP contribution in [0.3, 0.4) is 0 Å². The summed E-state index contributed by atoms with van der Waals surface area (Å²) < 4.78 is 0. The predicted molar refractivity (Wildman–Crippen MR) is 52.9 cm³/mol. The van der Waals surface area contributed by atoms with Crippen molar-refractivity contribution in [3.05, 3.63) is 30.3 Å². The number of carbonyl (C=O) groups excluding carboxylic acids is 1. The van der Waals surface area contributed by atoms with Crippen molar-refractivity contribution in [3.8, 4) is 0 Å². The minimum Gasteiger partial charge on any atom is -0.311 e. The van der Waals surface area contributed by atoms with Crippen molar-refractivity contribution in [2.24, 2.45) is 5.84 Å². The van der Waals surface area contributed by atoms with Crippen molar-refractivity contribution in [3.63, 3.8) is 0 Å². The van der Waals surface area contributed by atoms with Crippen molar-refractivity contribution < 1.29 is 4.79 Å². The Hall–Kier alpha value is -1.35. The van der Waals surface area contributed by atoms with Crippen molar-refractivity contribution in [1.29, 1.82) is 0 Å². The van der Waals surface area contributed by atoms with Crippen LogP contribution in [0.25, 0.3) is 0 Å². The Morgan fingerprint density at radius 2 is 2.00 bits per heavy atom. The Morgan fingerprint density at radius 3 is 2.62 bits per heavy atom. The van der Waals surface area contributed by atoms with E-state index in [0.717, 1.165) is 12.1 Å². The Kier molecular flexibility index (Phi) is 3.99. The van der Waals surface area contributed by atoms with E-state index in [9.17, 15) is 4.79 Å². The third-order valence-corrected chi connectivity index (χ3v) is 1.77. The quantitative estimate of drug-likeness (QED) is 0.418. The van der Waals surface area contributed by atoms with Crippen molar-refractivity contribution in [1.82, 2.24) is 0 Å². The van der Waals surface area contributed by atoms with Gasteiger partial charge in [-0.1, -0.05) is 18.2 Å². The van der Waals surface area contributed by atoms with E-state index >= 15 is 0 Å². The van der Waals surface area contributed by atoms with Gasteiger partial charge in [0.1, 0.15) is 0 Å². The van der Waals surface area contributed by atoms with Gasteiger partial charge in [0.2, 0.25) is 0 Å². The zero-order chi connectivity index (χ0) is 9.52. The van der Waals surface area contributed by atoms with Crippen LogP contribution in [0.1, 0.15) is 12.8 Å². The summed E-state index contributed by atoms with van der Waals surface area (Å²) in [5.74, 6) is 5.74. The third-order valence-electron chi connectivity index (χ3n) is 1.77. The largest absolute Gasteiger partial charge is 0.311 e. The number of rotatable bonds is 5.